The van der Waals surface area contributed by atoms with Gasteiger partial charge in [0.05, 0.1) is 45.9 Å². The number of furan rings is 1. The molecule has 1 atom stereocenters. The molecule has 5 nitrogen and oxygen atoms in total. The highest BCUT2D eigenvalue weighted by Gasteiger charge is 2.53. The van der Waals surface area contributed by atoms with E-state index in [-0.39, 0.29) is 0 Å². The molecule has 2 aliphatic rings. The summed E-state index contributed by atoms with van der Waals surface area (Å²) in [6, 6.07) is 68.6. The Morgan fingerprint density at radius 2 is 0.970 bits per heavy atom. The molecule has 1 unspecified atom stereocenters. The van der Waals surface area contributed by atoms with Crippen LogP contribution in [-0.2, 0) is 5.41 Å². The van der Waals surface area contributed by atoms with E-state index in [1.54, 1.807) is 0 Å². The minimum absolute atomic E-state index is 0.332. The van der Waals surface area contributed by atoms with Crippen LogP contribution in [0.1, 0.15) is 59.0 Å². The second-order valence-electron chi connectivity index (χ2n) is 18.4. The van der Waals surface area contributed by atoms with Gasteiger partial charge >= 0.3 is 0 Å². The molecule has 0 N–H and O–H groups in total. The number of anilines is 6. The number of fused-ring (bicyclic) bond motifs is 16. The third-order valence-corrected chi connectivity index (χ3v) is 14.3. The average Bonchev–Trinajstić information content (AvgIpc) is 4.00. The van der Waals surface area contributed by atoms with Gasteiger partial charge < -0.3 is 14.2 Å². The van der Waals surface area contributed by atoms with Crippen LogP contribution in [0.5, 0.6) is 0 Å². The number of para-hydroxylation sites is 2. The van der Waals surface area contributed by atoms with E-state index in [0.717, 1.165) is 83.8 Å². The van der Waals surface area contributed by atoms with Gasteiger partial charge in [-0.2, -0.15) is 0 Å². The van der Waals surface area contributed by atoms with Crippen molar-refractivity contribution in [2.45, 2.75) is 39.0 Å². The minimum Gasteiger partial charge on any atom is -0.455 e. The van der Waals surface area contributed by atoms with Crippen molar-refractivity contribution in [3.63, 3.8) is 0 Å². The summed E-state index contributed by atoms with van der Waals surface area (Å²) in [5, 5.41) is 4.18. The molecule has 0 aliphatic heterocycles. The number of aryl methyl sites for hydroxylation is 2. The molecule has 0 fully saturated rings. The highest BCUT2D eigenvalue weighted by atomic mass is 16.3. The van der Waals surface area contributed by atoms with Gasteiger partial charge in [0.25, 0.3) is 0 Å². The molecule has 3 heterocycles. The molecule has 5 heteroatoms. The van der Waals surface area contributed by atoms with Crippen molar-refractivity contribution in [2.75, 3.05) is 9.80 Å². The van der Waals surface area contributed by atoms with Crippen molar-refractivity contribution in [1.82, 2.24) is 9.97 Å². The van der Waals surface area contributed by atoms with E-state index in [9.17, 15) is 0 Å². The molecule has 8 aromatic carbocycles. The summed E-state index contributed by atoms with van der Waals surface area (Å²) in [5.41, 5.74) is 20.5. The first kappa shape index (κ1) is 39.1. The van der Waals surface area contributed by atoms with E-state index < -0.39 is 5.41 Å². The molecular weight excluding hydrogens is 817 g/mol. The van der Waals surface area contributed by atoms with E-state index in [0.29, 0.717) is 5.92 Å². The van der Waals surface area contributed by atoms with Crippen LogP contribution in [0.15, 0.2) is 205 Å². The fourth-order valence-corrected chi connectivity index (χ4v) is 11.4. The van der Waals surface area contributed by atoms with E-state index in [1.807, 2.05) is 26.2 Å². The van der Waals surface area contributed by atoms with Crippen LogP contribution in [0.4, 0.5) is 34.1 Å². The van der Waals surface area contributed by atoms with Crippen LogP contribution in [0.2, 0.25) is 0 Å². The Bertz CT molecular complexity index is 3740. The van der Waals surface area contributed by atoms with Gasteiger partial charge in [0, 0.05) is 44.5 Å². The molecule has 2 aliphatic carbocycles. The number of aromatic nitrogens is 2. The fourth-order valence-electron chi connectivity index (χ4n) is 11.4. The SMILES string of the molecule is Cc1ccc(N(c2ccccc2)c2cc3c(oc4c5c(cc(N(c6ccccc6)c6ccc(C)nc6)c43)C3(c4ccccc4-c4c(C(C)C)cccc43)c3ccccc3-5)c3ccccc23)cn1. The van der Waals surface area contributed by atoms with E-state index in [1.165, 1.54) is 44.5 Å². The van der Waals surface area contributed by atoms with Crippen LogP contribution in [0.3, 0.4) is 0 Å². The monoisotopic (exact) mass is 862 g/mol. The highest BCUT2D eigenvalue weighted by Crippen LogP contribution is 2.66. The normalized spacial score (nSPS) is 14.5. The Balaban J connectivity index is 1.23. The first-order valence-electron chi connectivity index (χ1n) is 23.3. The molecule has 0 saturated heterocycles. The maximum absolute atomic E-state index is 7.68. The lowest BCUT2D eigenvalue weighted by molar-refractivity contribution is 0.673. The lowest BCUT2D eigenvalue weighted by Gasteiger charge is -2.32. The number of hydrogen-bond donors (Lipinski definition) is 0. The molecule has 0 amide bonds. The predicted octanol–water partition coefficient (Wildman–Crippen LogP) is 16.6. The number of hydrogen-bond acceptors (Lipinski definition) is 5. The standard InChI is InChI=1S/C62H46N4O/c1-38(2)45-26-17-29-53-57(45)48-24-13-15-27-51(48)62(53)52-28-16-14-25-49(52)58-54(62)35-56(66(42-20-9-6-10-21-42)44-33-31-40(4)64-37-44)59-50-34-55(46-22-11-12-23-47(46)60(50)67-61(58)59)65(41-18-7-5-8-19-41)43-32-30-39(3)63-36-43/h5-38H,1-4H3. The fraction of sp³-hybridized carbons (Fsp3) is 0.0968. The summed E-state index contributed by atoms with van der Waals surface area (Å²) in [6.45, 7) is 8.71. The summed E-state index contributed by atoms with van der Waals surface area (Å²) in [5.74, 6) is 0.332. The number of pyridine rings is 2. The van der Waals surface area contributed by atoms with Crippen LogP contribution < -0.4 is 9.80 Å². The smallest absolute Gasteiger partial charge is 0.145 e. The molecule has 11 aromatic rings. The van der Waals surface area contributed by atoms with Gasteiger partial charge in [-0.3, -0.25) is 9.97 Å². The Morgan fingerprint density at radius 1 is 0.433 bits per heavy atom. The van der Waals surface area contributed by atoms with Gasteiger partial charge in [0.2, 0.25) is 0 Å². The Hall–Kier alpha value is -8.28. The van der Waals surface area contributed by atoms with E-state index in [4.69, 9.17) is 14.4 Å². The van der Waals surface area contributed by atoms with Crippen molar-refractivity contribution in [3.8, 4) is 22.3 Å². The van der Waals surface area contributed by atoms with Crippen LogP contribution >= 0.6 is 0 Å². The van der Waals surface area contributed by atoms with Gasteiger partial charge in [-0.1, -0.05) is 141 Å². The lowest BCUT2D eigenvalue weighted by Crippen LogP contribution is -2.26. The summed E-state index contributed by atoms with van der Waals surface area (Å²) >= 11 is 0. The van der Waals surface area contributed by atoms with Crippen molar-refractivity contribution in [3.05, 3.63) is 240 Å². The zero-order valence-corrected chi connectivity index (χ0v) is 37.8. The summed E-state index contributed by atoms with van der Waals surface area (Å²) < 4.78 is 7.68. The zero-order valence-electron chi connectivity index (χ0n) is 37.8. The van der Waals surface area contributed by atoms with Gasteiger partial charge in [0.1, 0.15) is 11.2 Å². The molecular formula is C62H46N4O. The predicted molar refractivity (Wildman–Crippen MR) is 276 cm³/mol. The molecule has 320 valence electrons. The highest BCUT2D eigenvalue weighted by molar-refractivity contribution is 6.26. The molecule has 3 aromatic heterocycles. The van der Waals surface area contributed by atoms with E-state index in [2.05, 4.69) is 212 Å². The Labute approximate surface area is 390 Å². The van der Waals surface area contributed by atoms with Crippen LogP contribution in [0, 0.1) is 13.8 Å². The number of nitrogens with zero attached hydrogens (tertiary/aromatic N) is 4. The maximum atomic E-state index is 7.68. The molecule has 0 bridgehead atoms. The third-order valence-electron chi connectivity index (χ3n) is 14.3. The average molecular weight is 863 g/mol. The summed E-state index contributed by atoms with van der Waals surface area (Å²) in [4.78, 5) is 14.5. The molecule has 67 heavy (non-hydrogen) atoms. The van der Waals surface area contributed by atoms with Gasteiger partial charge in [0.15, 0.2) is 0 Å². The van der Waals surface area contributed by atoms with Gasteiger partial charge in [-0.25, -0.2) is 0 Å². The van der Waals surface area contributed by atoms with Crippen molar-refractivity contribution in [1.29, 1.82) is 0 Å². The molecule has 13 rings (SSSR count). The third kappa shape index (κ3) is 5.61. The quantitative estimate of drug-likeness (QED) is 0.160. The largest absolute Gasteiger partial charge is 0.455 e. The topological polar surface area (TPSA) is 45.4 Å². The van der Waals surface area contributed by atoms with Crippen molar-refractivity contribution < 1.29 is 4.42 Å². The molecule has 1 spiro atoms. The molecule has 0 saturated carbocycles. The summed E-state index contributed by atoms with van der Waals surface area (Å²) in [6.07, 6.45) is 3.98. The Kier molecular flexibility index (Phi) is 8.69. The van der Waals surface area contributed by atoms with Crippen LogP contribution in [0.25, 0.3) is 55.0 Å². The first-order valence-corrected chi connectivity index (χ1v) is 23.3. The minimum atomic E-state index is -0.617. The van der Waals surface area contributed by atoms with Gasteiger partial charge in [-0.15, -0.1) is 0 Å². The number of rotatable bonds is 7. The van der Waals surface area contributed by atoms with Crippen molar-refractivity contribution >= 4 is 66.8 Å². The van der Waals surface area contributed by atoms with Crippen LogP contribution in [-0.4, -0.2) is 9.97 Å². The first-order chi connectivity index (χ1) is 32.9. The zero-order chi connectivity index (χ0) is 45.0. The Morgan fingerprint density at radius 3 is 1.57 bits per heavy atom. The molecule has 0 radical (unpaired) electrons. The summed E-state index contributed by atoms with van der Waals surface area (Å²) in [7, 11) is 0. The second-order valence-corrected chi connectivity index (χ2v) is 18.4. The van der Waals surface area contributed by atoms with Gasteiger partial charge in [-0.05, 0) is 125 Å². The maximum Gasteiger partial charge on any atom is 0.145 e. The van der Waals surface area contributed by atoms with E-state index >= 15 is 0 Å². The van der Waals surface area contributed by atoms with Crippen molar-refractivity contribution in [2.24, 2.45) is 0 Å². The second kappa shape index (κ2) is 14.9. The lowest BCUT2D eigenvalue weighted by atomic mass is 9.70. The number of benzene rings is 8.